The normalized spacial score (nSPS) is 14.5. The average Bonchev–Trinajstić information content (AvgIpc) is 2.37. The molecule has 0 fully saturated rings. The van der Waals surface area contributed by atoms with Gasteiger partial charge in [0.1, 0.15) is 0 Å². The maximum absolute atomic E-state index is 5.35. The molecule has 1 heterocycles. The zero-order chi connectivity index (χ0) is 12.5. The Balaban J connectivity index is 2.50. The third-order valence-corrected chi connectivity index (χ3v) is 2.93. The highest BCUT2D eigenvalue weighted by Gasteiger charge is 2.12. The van der Waals surface area contributed by atoms with E-state index in [1.165, 1.54) is 5.56 Å². The van der Waals surface area contributed by atoms with E-state index in [2.05, 4.69) is 36.3 Å². The first-order chi connectivity index (χ1) is 8.26. The van der Waals surface area contributed by atoms with Crippen molar-refractivity contribution in [2.24, 2.45) is 0 Å². The molecule has 0 aliphatic carbocycles. The number of nitrogens with one attached hydrogen (secondary N) is 1. The molecule has 0 aromatic carbocycles. The van der Waals surface area contributed by atoms with Gasteiger partial charge in [-0.15, -0.1) is 0 Å². The number of rotatable bonds is 8. The summed E-state index contributed by atoms with van der Waals surface area (Å²) in [6.45, 7) is 5.37. The van der Waals surface area contributed by atoms with Crippen LogP contribution in [0.15, 0.2) is 24.5 Å². The van der Waals surface area contributed by atoms with E-state index in [-0.39, 0.29) is 0 Å². The molecule has 0 radical (unpaired) electrons. The number of methoxy groups -OCH3 is 1. The quantitative estimate of drug-likeness (QED) is 0.752. The molecule has 1 aromatic heterocycles. The van der Waals surface area contributed by atoms with Gasteiger partial charge in [-0.3, -0.25) is 4.98 Å². The molecule has 96 valence electrons. The third-order valence-electron chi connectivity index (χ3n) is 2.93. The number of aromatic nitrogens is 1. The Bertz CT molecular complexity index is 290. The summed E-state index contributed by atoms with van der Waals surface area (Å²) >= 11 is 0. The number of nitrogens with zero attached hydrogens (tertiary/aromatic N) is 1. The predicted octanol–water partition coefficient (Wildman–Crippen LogP) is 2.42. The van der Waals surface area contributed by atoms with Gasteiger partial charge in [0.25, 0.3) is 0 Å². The van der Waals surface area contributed by atoms with E-state index >= 15 is 0 Å². The predicted molar refractivity (Wildman–Crippen MR) is 71.1 cm³/mol. The van der Waals surface area contributed by atoms with Gasteiger partial charge in [0, 0.05) is 25.5 Å². The van der Waals surface area contributed by atoms with Gasteiger partial charge in [0.05, 0.1) is 6.10 Å². The molecule has 0 bridgehead atoms. The van der Waals surface area contributed by atoms with E-state index in [1.807, 2.05) is 12.4 Å². The summed E-state index contributed by atoms with van der Waals surface area (Å²) in [5.74, 6) is 0. The van der Waals surface area contributed by atoms with Crippen LogP contribution in [0, 0.1) is 0 Å². The number of hydrogen-bond donors (Lipinski definition) is 1. The summed E-state index contributed by atoms with van der Waals surface area (Å²) in [7, 11) is 1.77. The van der Waals surface area contributed by atoms with Crippen LogP contribution in [0.2, 0.25) is 0 Å². The lowest BCUT2D eigenvalue weighted by molar-refractivity contribution is 0.100. The molecule has 0 spiro atoms. The van der Waals surface area contributed by atoms with Gasteiger partial charge in [0.15, 0.2) is 0 Å². The summed E-state index contributed by atoms with van der Waals surface area (Å²) in [5, 5.41) is 3.58. The SMILES string of the molecule is CCCNC(Cc1ccncc1)CC(C)OC. The molecule has 2 atom stereocenters. The molecule has 0 aliphatic heterocycles. The highest BCUT2D eigenvalue weighted by atomic mass is 16.5. The molecule has 1 rings (SSSR count). The first-order valence-electron chi connectivity index (χ1n) is 6.41. The molecule has 3 nitrogen and oxygen atoms in total. The Kier molecular flexibility index (Phi) is 6.82. The van der Waals surface area contributed by atoms with Crippen molar-refractivity contribution in [1.29, 1.82) is 0 Å². The van der Waals surface area contributed by atoms with E-state index in [4.69, 9.17) is 4.74 Å². The highest BCUT2D eigenvalue weighted by molar-refractivity contribution is 5.11. The van der Waals surface area contributed by atoms with Gasteiger partial charge in [-0.2, -0.15) is 0 Å². The monoisotopic (exact) mass is 236 g/mol. The lowest BCUT2D eigenvalue weighted by Gasteiger charge is -2.21. The second-order valence-corrected chi connectivity index (χ2v) is 4.49. The molecular formula is C14H24N2O. The fourth-order valence-electron chi connectivity index (χ4n) is 1.89. The molecule has 0 amide bonds. The molecule has 0 saturated carbocycles. The van der Waals surface area contributed by atoms with Gasteiger partial charge >= 0.3 is 0 Å². The van der Waals surface area contributed by atoms with E-state index in [9.17, 15) is 0 Å². The highest BCUT2D eigenvalue weighted by Crippen LogP contribution is 2.08. The Morgan fingerprint density at radius 2 is 2.06 bits per heavy atom. The lowest BCUT2D eigenvalue weighted by Crippen LogP contribution is -2.35. The summed E-state index contributed by atoms with van der Waals surface area (Å²) in [6, 6.07) is 4.64. The smallest absolute Gasteiger partial charge is 0.0558 e. The molecule has 17 heavy (non-hydrogen) atoms. The minimum atomic E-state index is 0.297. The number of ether oxygens (including phenoxy) is 1. The fourth-order valence-corrected chi connectivity index (χ4v) is 1.89. The zero-order valence-corrected chi connectivity index (χ0v) is 11.1. The second kappa shape index (κ2) is 8.20. The Hall–Kier alpha value is -0.930. The minimum absolute atomic E-state index is 0.297. The first-order valence-corrected chi connectivity index (χ1v) is 6.41. The molecule has 1 N–H and O–H groups in total. The van der Waals surface area contributed by atoms with Crippen molar-refractivity contribution < 1.29 is 4.74 Å². The van der Waals surface area contributed by atoms with Gasteiger partial charge in [-0.1, -0.05) is 6.92 Å². The van der Waals surface area contributed by atoms with Crippen molar-refractivity contribution in [3.05, 3.63) is 30.1 Å². The van der Waals surface area contributed by atoms with Gasteiger partial charge in [-0.05, 0) is 50.4 Å². The van der Waals surface area contributed by atoms with Crippen molar-refractivity contribution in [3.63, 3.8) is 0 Å². The summed E-state index contributed by atoms with van der Waals surface area (Å²) < 4.78 is 5.35. The standard InChI is InChI=1S/C14H24N2O/c1-4-7-16-14(10-12(2)17-3)11-13-5-8-15-9-6-13/h5-6,8-9,12,14,16H,4,7,10-11H2,1-3H3. The Labute approximate surface area is 105 Å². The first kappa shape index (κ1) is 14.1. The van der Waals surface area contributed by atoms with Crippen LogP contribution in [0.4, 0.5) is 0 Å². The van der Waals surface area contributed by atoms with Crippen LogP contribution in [-0.4, -0.2) is 30.8 Å². The van der Waals surface area contributed by atoms with Crippen LogP contribution < -0.4 is 5.32 Å². The van der Waals surface area contributed by atoms with Crippen molar-refractivity contribution in [2.75, 3.05) is 13.7 Å². The van der Waals surface area contributed by atoms with Gasteiger partial charge < -0.3 is 10.1 Å². The van der Waals surface area contributed by atoms with Crippen LogP contribution >= 0.6 is 0 Å². The molecule has 0 aliphatic rings. The maximum Gasteiger partial charge on any atom is 0.0558 e. The van der Waals surface area contributed by atoms with E-state index in [1.54, 1.807) is 7.11 Å². The minimum Gasteiger partial charge on any atom is -0.382 e. The van der Waals surface area contributed by atoms with Crippen LogP contribution in [0.1, 0.15) is 32.3 Å². The second-order valence-electron chi connectivity index (χ2n) is 4.49. The van der Waals surface area contributed by atoms with Crippen molar-refractivity contribution in [2.45, 2.75) is 45.3 Å². The van der Waals surface area contributed by atoms with Crippen LogP contribution in [-0.2, 0) is 11.2 Å². The average molecular weight is 236 g/mol. The molecule has 3 heteroatoms. The zero-order valence-electron chi connectivity index (χ0n) is 11.1. The lowest BCUT2D eigenvalue weighted by atomic mass is 10.0. The Morgan fingerprint density at radius 3 is 2.65 bits per heavy atom. The van der Waals surface area contributed by atoms with Gasteiger partial charge in [0.2, 0.25) is 0 Å². The van der Waals surface area contributed by atoms with Crippen molar-refractivity contribution >= 4 is 0 Å². The van der Waals surface area contributed by atoms with Crippen LogP contribution in [0.3, 0.4) is 0 Å². The van der Waals surface area contributed by atoms with Crippen LogP contribution in [0.5, 0.6) is 0 Å². The summed E-state index contributed by atoms with van der Waals surface area (Å²) in [6.07, 6.45) is 7.24. The van der Waals surface area contributed by atoms with Crippen molar-refractivity contribution in [1.82, 2.24) is 10.3 Å². The molecule has 2 unspecified atom stereocenters. The molecular weight excluding hydrogens is 212 g/mol. The molecule has 1 aromatic rings. The van der Waals surface area contributed by atoms with E-state index in [0.717, 1.165) is 25.8 Å². The van der Waals surface area contributed by atoms with E-state index < -0.39 is 0 Å². The summed E-state index contributed by atoms with van der Waals surface area (Å²) in [5.41, 5.74) is 1.33. The van der Waals surface area contributed by atoms with E-state index in [0.29, 0.717) is 12.1 Å². The van der Waals surface area contributed by atoms with Crippen molar-refractivity contribution in [3.8, 4) is 0 Å². The van der Waals surface area contributed by atoms with Crippen LogP contribution in [0.25, 0.3) is 0 Å². The third kappa shape index (κ3) is 5.80. The largest absolute Gasteiger partial charge is 0.382 e. The Morgan fingerprint density at radius 1 is 1.35 bits per heavy atom. The number of pyridine rings is 1. The molecule has 0 saturated heterocycles. The number of hydrogen-bond acceptors (Lipinski definition) is 3. The maximum atomic E-state index is 5.35. The summed E-state index contributed by atoms with van der Waals surface area (Å²) in [4.78, 5) is 4.05. The van der Waals surface area contributed by atoms with Gasteiger partial charge in [-0.25, -0.2) is 0 Å². The fraction of sp³-hybridized carbons (Fsp3) is 0.643. The topological polar surface area (TPSA) is 34.2 Å².